The number of carbonyl (C=O) groups is 1. The fraction of sp³-hybridized carbons (Fsp3) is 0.278. The third-order valence-corrected chi connectivity index (χ3v) is 4.28. The Morgan fingerprint density at radius 2 is 2.14 bits per heavy atom. The monoisotopic (exact) mass is 299 g/mol. The first-order valence-electron chi connectivity index (χ1n) is 7.26. The predicted molar refractivity (Wildman–Crippen MR) is 86.9 cm³/mol. The van der Waals surface area contributed by atoms with E-state index in [0.717, 1.165) is 29.1 Å². The van der Waals surface area contributed by atoms with Crippen LogP contribution in [0.1, 0.15) is 35.4 Å². The van der Waals surface area contributed by atoms with E-state index in [-0.39, 0.29) is 11.8 Å². The molecule has 108 valence electrons. The third kappa shape index (κ3) is 3.27. The van der Waals surface area contributed by atoms with Gasteiger partial charge in [-0.25, -0.2) is 0 Å². The number of hydrogen-bond acceptors (Lipinski definition) is 1. The van der Waals surface area contributed by atoms with E-state index >= 15 is 0 Å². The van der Waals surface area contributed by atoms with E-state index in [2.05, 4.69) is 11.4 Å². The lowest BCUT2D eigenvalue weighted by Crippen LogP contribution is -2.14. The van der Waals surface area contributed by atoms with E-state index in [1.165, 1.54) is 11.1 Å². The van der Waals surface area contributed by atoms with Gasteiger partial charge < -0.3 is 5.32 Å². The normalized spacial score (nSPS) is 16.6. The molecule has 0 fully saturated rings. The topological polar surface area (TPSA) is 29.1 Å². The van der Waals surface area contributed by atoms with E-state index in [1.54, 1.807) is 0 Å². The summed E-state index contributed by atoms with van der Waals surface area (Å²) in [5.41, 5.74) is 4.57. The van der Waals surface area contributed by atoms with Gasteiger partial charge in [0.15, 0.2) is 0 Å². The standard InChI is InChI=1S/C18H18ClNO/c1-12-3-2-4-16(9-12)20-18(21)10-14-6-5-13-7-8-15(19)11-17(13)14/h2-4,7-9,11,14H,5-6,10H2,1H3,(H,20,21). The van der Waals surface area contributed by atoms with Crippen LogP contribution < -0.4 is 5.32 Å². The van der Waals surface area contributed by atoms with Crippen LogP contribution in [0.5, 0.6) is 0 Å². The number of benzene rings is 2. The molecule has 0 bridgehead atoms. The number of hydrogen-bond donors (Lipinski definition) is 1. The largest absolute Gasteiger partial charge is 0.326 e. The Bertz CT molecular complexity index is 681. The van der Waals surface area contributed by atoms with Crippen molar-refractivity contribution in [2.24, 2.45) is 0 Å². The number of anilines is 1. The van der Waals surface area contributed by atoms with Crippen molar-refractivity contribution in [1.29, 1.82) is 0 Å². The molecule has 1 atom stereocenters. The second kappa shape index (κ2) is 5.90. The van der Waals surface area contributed by atoms with Crippen molar-refractivity contribution in [1.82, 2.24) is 0 Å². The highest BCUT2D eigenvalue weighted by molar-refractivity contribution is 6.30. The summed E-state index contributed by atoms with van der Waals surface area (Å²) in [6.45, 7) is 2.02. The maximum Gasteiger partial charge on any atom is 0.224 e. The average Bonchev–Trinajstić information content (AvgIpc) is 2.81. The fourth-order valence-electron chi connectivity index (χ4n) is 3.03. The van der Waals surface area contributed by atoms with E-state index < -0.39 is 0 Å². The van der Waals surface area contributed by atoms with Crippen LogP contribution in [0, 0.1) is 6.92 Å². The van der Waals surface area contributed by atoms with Crippen molar-refractivity contribution in [3.8, 4) is 0 Å². The molecule has 0 heterocycles. The molecule has 21 heavy (non-hydrogen) atoms. The zero-order valence-corrected chi connectivity index (χ0v) is 12.8. The molecular weight excluding hydrogens is 282 g/mol. The SMILES string of the molecule is Cc1cccc(NC(=O)CC2CCc3ccc(Cl)cc32)c1. The molecule has 1 aliphatic rings. The molecule has 3 rings (SSSR count). The van der Waals surface area contributed by atoms with Crippen LogP contribution in [0.2, 0.25) is 5.02 Å². The van der Waals surface area contributed by atoms with E-state index in [1.807, 2.05) is 43.3 Å². The molecule has 1 aliphatic carbocycles. The van der Waals surface area contributed by atoms with Gasteiger partial charge >= 0.3 is 0 Å². The molecule has 2 nitrogen and oxygen atoms in total. The number of carbonyl (C=O) groups excluding carboxylic acids is 1. The smallest absolute Gasteiger partial charge is 0.224 e. The zero-order valence-electron chi connectivity index (χ0n) is 12.0. The highest BCUT2D eigenvalue weighted by atomic mass is 35.5. The third-order valence-electron chi connectivity index (χ3n) is 4.04. The molecule has 2 aromatic rings. The van der Waals surface area contributed by atoms with Gasteiger partial charge in [0.2, 0.25) is 5.91 Å². The van der Waals surface area contributed by atoms with Gasteiger partial charge in [-0.3, -0.25) is 4.79 Å². The maximum absolute atomic E-state index is 12.2. The zero-order chi connectivity index (χ0) is 14.8. The molecule has 0 saturated heterocycles. The minimum absolute atomic E-state index is 0.0680. The molecule has 0 radical (unpaired) electrons. The highest BCUT2D eigenvalue weighted by Gasteiger charge is 2.24. The van der Waals surface area contributed by atoms with Crippen LogP contribution in [0.15, 0.2) is 42.5 Å². The lowest BCUT2D eigenvalue weighted by molar-refractivity contribution is -0.116. The van der Waals surface area contributed by atoms with Crippen LogP contribution >= 0.6 is 11.6 Å². The van der Waals surface area contributed by atoms with Crippen molar-refractivity contribution >= 4 is 23.2 Å². The number of nitrogens with one attached hydrogen (secondary N) is 1. The Kier molecular flexibility index (Phi) is 3.98. The van der Waals surface area contributed by atoms with Crippen LogP contribution in [-0.4, -0.2) is 5.91 Å². The molecular formula is C18H18ClNO. The number of aryl methyl sites for hydroxylation is 2. The minimum Gasteiger partial charge on any atom is -0.326 e. The van der Waals surface area contributed by atoms with Crippen LogP contribution in [0.25, 0.3) is 0 Å². The van der Waals surface area contributed by atoms with Crippen LogP contribution in [0.4, 0.5) is 5.69 Å². The average molecular weight is 300 g/mol. The summed E-state index contributed by atoms with van der Waals surface area (Å²) < 4.78 is 0. The van der Waals surface area contributed by atoms with Gasteiger partial charge in [0, 0.05) is 17.1 Å². The summed E-state index contributed by atoms with van der Waals surface area (Å²) in [5, 5.41) is 3.73. The summed E-state index contributed by atoms with van der Waals surface area (Å²) in [4.78, 5) is 12.2. The molecule has 1 N–H and O–H groups in total. The minimum atomic E-state index is 0.0680. The molecule has 1 amide bonds. The summed E-state index contributed by atoms with van der Waals surface area (Å²) in [6.07, 6.45) is 2.58. The number of halogens is 1. The second-order valence-electron chi connectivity index (χ2n) is 5.70. The predicted octanol–water partition coefficient (Wildman–Crippen LogP) is 4.71. The Balaban J connectivity index is 1.68. The van der Waals surface area contributed by atoms with Crippen molar-refractivity contribution in [2.45, 2.75) is 32.1 Å². The lowest BCUT2D eigenvalue weighted by atomic mass is 9.97. The Morgan fingerprint density at radius 1 is 1.29 bits per heavy atom. The quantitative estimate of drug-likeness (QED) is 0.874. The Morgan fingerprint density at radius 3 is 2.95 bits per heavy atom. The van der Waals surface area contributed by atoms with E-state index in [0.29, 0.717) is 6.42 Å². The van der Waals surface area contributed by atoms with Crippen LogP contribution in [-0.2, 0) is 11.2 Å². The summed E-state index contributed by atoms with van der Waals surface area (Å²) in [6, 6.07) is 13.9. The Hall–Kier alpha value is -1.80. The van der Waals surface area contributed by atoms with Crippen molar-refractivity contribution in [2.75, 3.05) is 5.32 Å². The second-order valence-corrected chi connectivity index (χ2v) is 6.14. The van der Waals surface area contributed by atoms with Gasteiger partial charge in [-0.1, -0.05) is 29.8 Å². The molecule has 0 saturated carbocycles. The highest BCUT2D eigenvalue weighted by Crippen LogP contribution is 2.37. The van der Waals surface area contributed by atoms with Gasteiger partial charge in [0.25, 0.3) is 0 Å². The van der Waals surface area contributed by atoms with Gasteiger partial charge in [-0.05, 0) is 66.6 Å². The van der Waals surface area contributed by atoms with Crippen molar-refractivity contribution in [3.05, 3.63) is 64.2 Å². The maximum atomic E-state index is 12.2. The first kappa shape index (κ1) is 14.2. The van der Waals surface area contributed by atoms with Gasteiger partial charge in [-0.15, -0.1) is 0 Å². The molecule has 2 aromatic carbocycles. The molecule has 0 aromatic heterocycles. The molecule has 0 aliphatic heterocycles. The first-order valence-corrected chi connectivity index (χ1v) is 7.64. The number of rotatable bonds is 3. The first-order chi connectivity index (χ1) is 10.1. The summed E-state index contributed by atoms with van der Waals surface area (Å²) >= 11 is 6.07. The summed E-state index contributed by atoms with van der Waals surface area (Å²) in [5.74, 6) is 0.349. The molecule has 0 spiro atoms. The molecule has 1 unspecified atom stereocenters. The van der Waals surface area contributed by atoms with Gasteiger partial charge in [-0.2, -0.15) is 0 Å². The van der Waals surface area contributed by atoms with Crippen molar-refractivity contribution < 1.29 is 4.79 Å². The van der Waals surface area contributed by atoms with E-state index in [9.17, 15) is 4.79 Å². The Labute approximate surface area is 130 Å². The van der Waals surface area contributed by atoms with Gasteiger partial charge in [0.05, 0.1) is 0 Å². The summed E-state index contributed by atoms with van der Waals surface area (Å²) in [7, 11) is 0. The van der Waals surface area contributed by atoms with Gasteiger partial charge in [0.1, 0.15) is 0 Å². The molecule has 3 heteroatoms. The fourth-order valence-corrected chi connectivity index (χ4v) is 3.21. The lowest BCUT2D eigenvalue weighted by Gasteiger charge is -2.12. The van der Waals surface area contributed by atoms with E-state index in [4.69, 9.17) is 11.6 Å². The van der Waals surface area contributed by atoms with Crippen LogP contribution in [0.3, 0.4) is 0 Å². The number of fused-ring (bicyclic) bond motifs is 1. The van der Waals surface area contributed by atoms with Crippen molar-refractivity contribution in [3.63, 3.8) is 0 Å². The number of amides is 1.